The Hall–Kier alpha value is -1.58. The van der Waals surface area contributed by atoms with Gasteiger partial charge in [-0.3, -0.25) is 0 Å². The summed E-state index contributed by atoms with van der Waals surface area (Å²) < 4.78 is 0. The van der Waals surface area contributed by atoms with Gasteiger partial charge in [0.15, 0.2) is 0 Å². The monoisotopic (exact) mass is 246 g/mol. The topological polar surface area (TPSA) is 53.4 Å². The van der Waals surface area contributed by atoms with Crippen molar-refractivity contribution in [2.45, 2.75) is 38.1 Å². The first-order chi connectivity index (χ1) is 8.75. The number of aromatic nitrogens is 1. The van der Waals surface area contributed by atoms with Crippen LogP contribution in [0.4, 0.5) is 5.82 Å². The van der Waals surface area contributed by atoms with E-state index in [0.29, 0.717) is 6.04 Å². The summed E-state index contributed by atoms with van der Waals surface area (Å²) in [6, 6.07) is 4.13. The van der Waals surface area contributed by atoms with E-state index in [0.717, 1.165) is 18.3 Å². The van der Waals surface area contributed by atoms with Crippen molar-refractivity contribution in [2.75, 3.05) is 11.4 Å². The second kappa shape index (κ2) is 4.59. The molecule has 1 N–H and O–H groups in total. The average molecular weight is 246 g/mol. The predicted octanol–water partition coefficient (Wildman–Crippen LogP) is 2.55. The first-order valence-corrected chi connectivity index (χ1v) is 6.72. The van der Waals surface area contributed by atoms with Crippen LogP contribution in [0.25, 0.3) is 0 Å². The second-order valence-electron chi connectivity index (χ2n) is 5.30. The highest BCUT2D eigenvalue weighted by Crippen LogP contribution is 2.38. The van der Waals surface area contributed by atoms with Crippen molar-refractivity contribution in [1.29, 1.82) is 0 Å². The van der Waals surface area contributed by atoms with Crippen LogP contribution in [-0.2, 0) is 0 Å². The van der Waals surface area contributed by atoms with Crippen LogP contribution in [0.3, 0.4) is 0 Å². The van der Waals surface area contributed by atoms with E-state index in [1.54, 1.807) is 6.07 Å². The molecule has 4 heteroatoms. The molecule has 1 aliphatic heterocycles. The highest BCUT2D eigenvalue weighted by Gasteiger charge is 2.35. The van der Waals surface area contributed by atoms with Crippen LogP contribution in [0.15, 0.2) is 18.3 Å². The van der Waals surface area contributed by atoms with E-state index >= 15 is 0 Å². The number of fused-ring (bicyclic) bond motifs is 1. The van der Waals surface area contributed by atoms with Crippen LogP contribution >= 0.6 is 0 Å². The number of anilines is 1. The number of hydrogen-bond donors (Lipinski definition) is 1. The maximum atomic E-state index is 10.8. The van der Waals surface area contributed by atoms with Gasteiger partial charge >= 0.3 is 5.97 Å². The standard InChI is InChI=1S/C14H18N2O2/c17-14(18)11-6-7-13(15-9-11)16-8-2-4-10-3-1-5-12(10)16/h6-7,9-10,12H,1-5,8H2,(H,17,18). The maximum Gasteiger partial charge on any atom is 0.337 e. The zero-order valence-corrected chi connectivity index (χ0v) is 10.4. The molecule has 0 spiro atoms. The van der Waals surface area contributed by atoms with Gasteiger partial charge in [-0.2, -0.15) is 0 Å². The van der Waals surface area contributed by atoms with Gasteiger partial charge in [0.05, 0.1) is 5.56 Å². The molecule has 1 saturated heterocycles. The maximum absolute atomic E-state index is 10.8. The van der Waals surface area contributed by atoms with Gasteiger partial charge in [0.2, 0.25) is 0 Å². The van der Waals surface area contributed by atoms with Gasteiger partial charge in [-0.1, -0.05) is 6.42 Å². The Balaban J connectivity index is 1.82. The van der Waals surface area contributed by atoms with E-state index in [9.17, 15) is 4.79 Å². The number of nitrogens with zero attached hydrogens (tertiary/aromatic N) is 2. The molecule has 0 radical (unpaired) electrons. The number of rotatable bonds is 2. The molecular weight excluding hydrogens is 228 g/mol. The Morgan fingerprint density at radius 1 is 1.28 bits per heavy atom. The highest BCUT2D eigenvalue weighted by molar-refractivity contribution is 5.87. The first-order valence-electron chi connectivity index (χ1n) is 6.72. The summed E-state index contributed by atoms with van der Waals surface area (Å²) >= 11 is 0. The van der Waals surface area contributed by atoms with Crippen LogP contribution in [0.1, 0.15) is 42.5 Å². The van der Waals surface area contributed by atoms with Crippen molar-refractivity contribution in [1.82, 2.24) is 4.98 Å². The van der Waals surface area contributed by atoms with Gasteiger partial charge in [0.25, 0.3) is 0 Å². The number of carboxylic acids is 1. The molecule has 4 nitrogen and oxygen atoms in total. The summed E-state index contributed by atoms with van der Waals surface area (Å²) in [6.07, 6.45) is 7.95. The van der Waals surface area contributed by atoms with Gasteiger partial charge in [-0.05, 0) is 43.7 Å². The van der Waals surface area contributed by atoms with Crippen molar-refractivity contribution in [2.24, 2.45) is 5.92 Å². The Labute approximate surface area is 107 Å². The zero-order valence-electron chi connectivity index (χ0n) is 10.4. The van der Waals surface area contributed by atoms with Crippen LogP contribution < -0.4 is 4.90 Å². The van der Waals surface area contributed by atoms with Crippen LogP contribution in [0.5, 0.6) is 0 Å². The van der Waals surface area contributed by atoms with Crippen molar-refractivity contribution < 1.29 is 9.90 Å². The molecule has 1 aliphatic carbocycles. The molecule has 1 aromatic heterocycles. The van der Waals surface area contributed by atoms with Gasteiger partial charge < -0.3 is 10.0 Å². The molecule has 2 unspecified atom stereocenters. The number of hydrogen-bond acceptors (Lipinski definition) is 3. The molecule has 2 heterocycles. The Morgan fingerprint density at radius 3 is 2.83 bits per heavy atom. The molecule has 1 saturated carbocycles. The fraction of sp³-hybridized carbons (Fsp3) is 0.571. The molecule has 0 aromatic carbocycles. The third-order valence-corrected chi connectivity index (χ3v) is 4.28. The lowest BCUT2D eigenvalue weighted by molar-refractivity contribution is 0.0696. The summed E-state index contributed by atoms with van der Waals surface area (Å²) in [7, 11) is 0. The summed E-state index contributed by atoms with van der Waals surface area (Å²) in [5, 5.41) is 8.88. The quantitative estimate of drug-likeness (QED) is 0.871. The Bertz CT molecular complexity index is 444. The first kappa shape index (κ1) is 11.5. The second-order valence-corrected chi connectivity index (χ2v) is 5.30. The van der Waals surface area contributed by atoms with Gasteiger partial charge in [-0.15, -0.1) is 0 Å². The van der Waals surface area contributed by atoms with Crippen molar-refractivity contribution in [3.8, 4) is 0 Å². The van der Waals surface area contributed by atoms with Crippen molar-refractivity contribution >= 4 is 11.8 Å². The van der Waals surface area contributed by atoms with E-state index in [1.807, 2.05) is 6.07 Å². The SMILES string of the molecule is O=C(O)c1ccc(N2CCCC3CCCC32)nc1. The Morgan fingerprint density at radius 2 is 2.11 bits per heavy atom. The molecule has 2 aliphatic rings. The highest BCUT2D eigenvalue weighted by atomic mass is 16.4. The number of aromatic carboxylic acids is 1. The van der Waals surface area contributed by atoms with E-state index in [2.05, 4.69) is 9.88 Å². The van der Waals surface area contributed by atoms with Gasteiger partial charge in [0.1, 0.15) is 5.82 Å². The molecule has 18 heavy (non-hydrogen) atoms. The van der Waals surface area contributed by atoms with Crippen LogP contribution in [0, 0.1) is 5.92 Å². The van der Waals surface area contributed by atoms with Gasteiger partial charge in [-0.25, -0.2) is 9.78 Å². The number of pyridine rings is 1. The molecule has 3 rings (SSSR count). The smallest absolute Gasteiger partial charge is 0.337 e. The number of carboxylic acid groups (broad SMARTS) is 1. The van der Waals surface area contributed by atoms with Gasteiger partial charge in [0, 0.05) is 18.8 Å². The zero-order chi connectivity index (χ0) is 12.5. The summed E-state index contributed by atoms with van der Waals surface area (Å²) in [5.74, 6) is 0.850. The summed E-state index contributed by atoms with van der Waals surface area (Å²) in [6.45, 7) is 1.06. The minimum absolute atomic E-state index is 0.263. The largest absolute Gasteiger partial charge is 0.478 e. The summed E-state index contributed by atoms with van der Waals surface area (Å²) in [4.78, 5) is 17.5. The fourth-order valence-corrected chi connectivity index (χ4v) is 3.42. The molecule has 1 aromatic rings. The van der Waals surface area contributed by atoms with E-state index in [1.165, 1.54) is 38.3 Å². The molecule has 96 valence electrons. The lowest BCUT2D eigenvalue weighted by atomic mass is 9.92. The number of piperidine rings is 1. The normalized spacial score (nSPS) is 27.0. The van der Waals surface area contributed by atoms with E-state index in [-0.39, 0.29) is 5.56 Å². The van der Waals surface area contributed by atoms with E-state index in [4.69, 9.17) is 5.11 Å². The average Bonchev–Trinajstić information content (AvgIpc) is 2.87. The lowest BCUT2D eigenvalue weighted by Gasteiger charge is -2.38. The third-order valence-electron chi connectivity index (χ3n) is 4.28. The molecule has 0 bridgehead atoms. The molecular formula is C14H18N2O2. The van der Waals surface area contributed by atoms with Crippen LogP contribution in [-0.4, -0.2) is 28.6 Å². The predicted molar refractivity (Wildman–Crippen MR) is 68.9 cm³/mol. The minimum atomic E-state index is -0.911. The van der Waals surface area contributed by atoms with Crippen LogP contribution in [0.2, 0.25) is 0 Å². The van der Waals surface area contributed by atoms with Crippen molar-refractivity contribution in [3.05, 3.63) is 23.9 Å². The third kappa shape index (κ3) is 1.96. The molecule has 2 atom stereocenters. The Kier molecular flexibility index (Phi) is 2.94. The van der Waals surface area contributed by atoms with E-state index < -0.39 is 5.97 Å². The lowest BCUT2D eigenvalue weighted by Crippen LogP contribution is -2.43. The fourth-order valence-electron chi connectivity index (χ4n) is 3.42. The van der Waals surface area contributed by atoms with Crippen molar-refractivity contribution in [3.63, 3.8) is 0 Å². The molecule has 0 amide bonds. The minimum Gasteiger partial charge on any atom is -0.478 e. The number of carbonyl (C=O) groups is 1. The summed E-state index contributed by atoms with van der Waals surface area (Å²) in [5.41, 5.74) is 0.263. The molecule has 2 fully saturated rings.